The summed E-state index contributed by atoms with van der Waals surface area (Å²) < 4.78 is 0. The summed E-state index contributed by atoms with van der Waals surface area (Å²) in [4.78, 5) is 19.5. The number of nitrogens with one attached hydrogen (secondary N) is 1. The molecule has 0 fully saturated rings. The Bertz CT molecular complexity index is 560. The van der Waals surface area contributed by atoms with Crippen molar-refractivity contribution in [2.75, 3.05) is 18.5 Å². The predicted octanol–water partition coefficient (Wildman–Crippen LogP) is 1.64. The number of H-pyrrole nitrogens is 1. The molecule has 0 spiro atoms. The van der Waals surface area contributed by atoms with Gasteiger partial charge in [-0.05, 0) is 18.2 Å². The van der Waals surface area contributed by atoms with E-state index in [4.69, 9.17) is 5.11 Å². The van der Waals surface area contributed by atoms with Gasteiger partial charge in [0.1, 0.15) is 0 Å². The van der Waals surface area contributed by atoms with Crippen LogP contribution in [-0.2, 0) is 4.79 Å². The summed E-state index contributed by atoms with van der Waals surface area (Å²) in [6.07, 6.45) is 4.41. The van der Waals surface area contributed by atoms with Gasteiger partial charge in [-0.1, -0.05) is 6.08 Å². The first-order chi connectivity index (χ1) is 8.16. The largest absolute Gasteiger partial charge is 0.478 e. The van der Waals surface area contributed by atoms with Crippen molar-refractivity contribution < 1.29 is 9.90 Å². The van der Waals surface area contributed by atoms with Gasteiger partial charge >= 0.3 is 5.97 Å². The van der Waals surface area contributed by atoms with E-state index in [9.17, 15) is 4.79 Å². The predicted molar refractivity (Wildman–Crippen MR) is 66.1 cm³/mol. The summed E-state index contributed by atoms with van der Waals surface area (Å²) in [5, 5.41) is 8.49. The third kappa shape index (κ3) is 2.63. The number of carbonyl (C=O) groups is 1. The molecule has 0 saturated carbocycles. The number of aromatic nitrogens is 2. The van der Waals surface area contributed by atoms with Gasteiger partial charge in [-0.3, -0.25) is 0 Å². The highest BCUT2D eigenvalue weighted by atomic mass is 16.4. The first kappa shape index (κ1) is 11.2. The molecular formula is C12H13N3O2. The molecule has 1 aromatic heterocycles. The van der Waals surface area contributed by atoms with Crippen LogP contribution in [0.1, 0.15) is 0 Å². The minimum atomic E-state index is -0.928. The lowest BCUT2D eigenvalue weighted by Gasteiger charge is -2.16. The number of carboxylic acids is 1. The van der Waals surface area contributed by atoms with Crippen molar-refractivity contribution >= 4 is 22.7 Å². The number of hydrogen-bond donors (Lipinski definition) is 2. The minimum Gasteiger partial charge on any atom is -0.478 e. The average molecular weight is 231 g/mol. The number of rotatable bonds is 4. The molecule has 1 aromatic carbocycles. The van der Waals surface area contributed by atoms with Crippen LogP contribution in [0.25, 0.3) is 11.0 Å². The quantitative estimate of drug-likeness (QED) is 0.785. The van der Waals surface area contributed by atoms with Gasteiger partial charge < -0.3 is 15.0 Å². The van der Waals surface area contributed by atoms with Crippen molar-refractivity contribution in [2.24, 2.45) is 0 Å². The molecule has 0 aliphatic heterocycles. The minimum absolute atomic E-state index is 0.548. The second-order valence-electron chi connectivity index (χ2n) is 3.73. The molecule has 0 bridgehead atoms. The molecule has 0 unspecified atom stereocenters. The maximum atomic E-state index is 10.3. The molecule has 88 valence electrons. The van der Waals surface area contributed by atoms with Crippen molar-refractivity contribution in [3.8, 4) is 0 Å². The Labute approximate surface area is 98.4 Å². The van der Waals surface area contributed by atoms with Gasteiger partial charge in [0.2, 0.25) is 0 Å². The van der Waals surface area contributed by atoms with Gasteiger partial charge in [0, 0.05) is 25.4 Å². The summed E-state index contributed by atoms with van der Waals surface area (Å²) in [5.74, 6) is -0.928. The lowest BCUT2D eigenvalue weighted by molar-refractivity contribution is -0.131. The Hall–Kier alpha value is -2.30. The van der Waals surface area contributed by atoms with E-state index in [0.29, 0.717) is 6.54 Å². The first-order valence-corrected chi connectivity index (χ1v) is 5.20. The highest BCUT2D eigenvalue weighted by molar-refractivity contribution is 5.80. The highest BCUT2D eigenvalue weighted by Gasteiger charge is 2.01. The molecule has 2 aromatic rings. The molecule has 5 heteroatoms. The van der Waals surface area contributed by atoms with Gasteiger partial charge in [0.05, 0.1) is 17.4 Å². The van der Waals surface area contributed by atoms with Crippen LogP contribution >= 0.6 is 0 Å². The van der Waals surface area contributed by atoms with E-state index < -0.39 is 5.97 Å². The van der Waals surface area contributed by atoms with Gasteiger partial charge in [0.25, 0.3) is 0 Å². The fourth-order valence-corrected chi connectivity index (χ4v) is 1.58. The Morgan fingerprint density at radius 1 is 1.59 bits per heavy atom. The Morgan fingerprint density at radius 2 is 2.41 bits per heavy atom. The standard InChI is InChI=1S/C12H13N3O2/c1-15(6-2-3-12(16)17)9-4-5-10-11(7-9)14-8-13-10/h2-5,7-8H,6H2,1H3,(H,13,14)(H,16,17)/b3-2+. The molecule has 1 heterocycles. The SMILES string of the molecule is CN(C/C=C/C(=O)O)c1ccc2nc[nH]c2c1. The second-order valence-corrected chi connectivity index (χ2v) is 3.73. The van der Waals surface area contributed by atoms with E-state index in [0.717, 1.165) is 22.8 Å². The van der Waals surface area contributed by atoms with Gasteiger partial charge in [-0.15, -0.1) is 0 Å². The van der Waals surface area contributed by atoms with Crippen molar-refractivity contribution in [1.29, 1.82) is 0 Å². The molecule has 0 amide bonds. The fraction of sp³-hybridized carbons (Fsp3) is 0.167. The first-order valence-electron chi connectivity index (χ1n) is 5.20. The Morgan fingerprint density at radius 3 is 3.18 bits per heavy atom. The summed E-state index contributed by atoms with van der Waals surface area (Å²) in [5.41, 5.74) is 2.90. The molecule has 0 atom stereocenters. The van der Waals surface area contributed by atoms with Crippen LogP contribution in [0.5, 0.6) is 0 Å². The van der Waals surface area contributed by atoms with Crippen LogP contribution in [0.3, 0.4) is 0 Å². The van der Waals surface area contributed by atoms with Gasteiger partial charge in [-0.25, -0.2) is 9.78 Å². The van der Waals surface area contributed by atoms with Crippen LogP contribution in [0.2, 0.25) is 0 Å². The van der Waals surface area contributed by atoms with Crippen molar-refractivity contribution in [1.82, 2.24) is 9.97 Å². The number of carboxylic acid groups (broad SMARTS) is 1. The maximum absolute atomic E-state index is 10.3. The fourth-order valence-electron chi connectivity index (χ4n) is 1.58. The third-order valence-electron chi connectivity index (χ3n) is 2.48. The summed E-state index contributed by atoms with van der Waals surface area (Å²) in [7, 11) is 1.91. The number of fused-ring (bicyclic) bond motifs is 1. The van der Waals surface area contributed by atoms with E-state index in [1.54, 1.807) is 12.4 Å². The summed E-state index contributed by atoms with van der Waals surface area (Å²) >= 11 is 0. The molecule has 5 nitrogen and oxygen atoms in total. The lowest BCUT2D eigenvalue weighted by Crippen LogP contribution is -2.16. The van der Waals surface area contributed by atoms with E-state index in [-0.39, 0.29) is 0 Å². The number of likely N-dealkylation sites (N-methyl/N-ethyl adjacent to an activating group) is 1. The highest BCUT2D eigenvalue weighted by Crippen LogP contribution is 2.18. The van der Waals surface area contributed by atoms with Crippen LogP contribution in [0.4, 0.5) is 5.69 Å². The van der Waals surface area contributed by atoms with Crippen LogP contribution < -0.4 is 4.90 Å². The van der Waals surface area contributed by atoms with Gasteiger partial charge in [-0.2, -0.15) is 0 Å². The van der Waals surface area contributed by atoms with E-state index in [1.807, 2.05) is 30.1 Å². The topological polar surface area (TPSA) is 69.2 Å². The normalized spacial score (nSPS) is 11.1. The number of aromatic amines is 1. The second kappa shape index (κ2) is 4.69. The van der Waals surface area contributed by atoms with E-state index in [1.165, 1.54) is 0 Å². The monoisotopic (exact) mass is 231 g/mol. The molecule has 0 saturated heterocycles. The molecule has 2 N–H and O–H groups in total. The van der Waals surface area contributed by atoms with Gasteiger partial charge in [0.15, 0.2) is 0 Å². The zero-order valence-electron chi connectivity index (χ0n) is 9.42. The molecule has 0 aliphatic carbocycles. The maximum Gasteiger partial charge on any atom is 0.328 e. The molecule has 17 heavy (non-hydrogen) atoms. The Balaban J connectivity index is 2.12. The van der Waals surface area contributed by atoms with Crippen LogP contribution in [0, 0.1) is 0 Å². The average Bonchev–Trinajstić information content (AvgIpc) is 2.75. The smallest absolute Gasteiger partial charge is 0.328 e. The third-order valence-corrected chi connectivity index (χ3v) is 2.48. The number of aliphatic carboxylic acids is 1. The van der Waals surface area contributed by atoms with Crippen LogP contribution in [0.15, 0.2) is 36.7 Å². The zero-order chi connectivity index (χ0) is 12.3. The number of nitrogens with zero attached hydrogens (tertiary/aromatic N) is 2. The number of imidazole rings is 1. The number of hydrogen-bond acceptors (Lipinski definition) is 3. The lowest BCUT2D eigenvalue weighted by atomic mass is 10.2. The number of anilines is 1. The summed E-state index contributed by atoms with van der Waals surface area (Å²) in [6.45, 7) is 0.548. The molecular weight excluding hydrogens is 218 g/mol. The summed E-state index contributed by atoms with van der Waals surface area (Å²) in [6, 6.07) is 5.87. The van der Waals surface area contributed by atoms with Crippen molar-refractivity contribution in [2.45, 2.75) is 0 Å². The molecule has 0 radical (unpaired) electrons. The van der Waals surface area contributed by atoms with Crippen molar-refractivity contribution in [3.63, 3.8) is 0 Å². The van der Waals surface area contributed by atoms with Crippen molar-refractivity contribution in [3.05, 3.63) is 36.7 Å². The zero-order valence-corrected chi connectivity index (χ0v) is 9.42. The van der Waals surface area contributed by atoms with Crippen LogP contribution in [-0.4, -0.2) is 34.6 Å². The van der Waals surface area contributed by atoms with E-state index >= 15 is 0 Å². The number of benzene rings is 1. The van der Waals surface area contributed by atoms with E-state index in [2.05, 4.69) is 9.97 Å². The molecule has 2 rings (SSSR count). The Kier molecular flexibility index (Phi) is 3.09. The molecule has 0 aliphatic rings.